The van der Waals surface area contributed by atoms with Crippen LogP contribution in [-0.4, -0.2) is 22.1 Å². The number of amides is 1. The fourth-order valence-electron chi connectivity index (χ4n) is 1.13. The summed E-state index contributed by atoms with van der Waals surface area (Å²) in [6, 6.07) is 4.77. The van der Waals surface area contributed by atoms with Crippen molar-refractivity contribution in [1.29, 1.82) is 0 Å². The molecule has 2 nitrogen and oxygen atoms in total. The Kier molecular flexibility index (Phi) is 5.77. The largest absolute Gasteiger partial charge is 0.345 e. The first-order chi connectivity index (χ1) is 7.90. The molecule has 1 amide bonds. The smallest absolute Gasteiger partial charge is 0.251 e. The van der Waals surface area contributed by atoms with E-state index in [0.29, 0.717) is 26.3 Å². The van der Waals surface area contributed by atoms with E-state index < -0.39 is 0 Å². The van der Waals surface area contributed by atoms with Gasteiger partial charge in [0, 0.05) is 26.3 Å². The SMILES string of the molecule is CC(CBr)(CBr)NC(=O)c1cc(Cl)cc(Cl)c1. The minimum absolute atomic E-state index is 0.198. The number of carbonyl (C=O) groups excluding carboxylic acids is 1. The van der Waals surface area contributed by atoms with Gasteiger partial charge in [-0.05, 0) is 25.1 Å². The molecule has 0 aliphatic rings. The monoisotopic (exact) mass is 401 g/mol. The molecule has 0 spiro atoms. The molecule has 1 aromatic rings. The highest BCUT2D eigenvalue weighted by atomic mass is 79.9. The van der Waals surface area contributed by atoms with Crippen LogP contribution in [0.2, 0.25) is 10.0 Å². The quantitative estimate of drug-likeness (QED) is 0.747. The summed E-state index contributed by atoms with van der Waals surface area (Å²) in [6.45, 7) is 1.93. The number of hydrogen-bond acceptors (Lipinski definition) is 1. The first kappa shape index (κ1) is 15.3. The number of halogens is 4. The van der Waals surface area contributed by atoms with E-state index in [1.54, 1.807) is 18.2 Å². The molecule has 1 N–H and O–H groups in total. The Morgan fingerprint density at radius 2 is 1.71 bits per heavy atom. The van der Waals surface area contributed by atoms with Crippen LogP contribution < -0.4 is 5.32 Å². The Morgan fingerprint density at radius 1 is 1.24 bits per heavy atom. The fourth-order valence-corrected chi connectivity index (χ4v) is 2.87. The number of rotatable bonds is 4. The molecule has 0 atom stereocenters. The van der Waals surface area contributed by atoms with Crippen LogP contribution in [0.25, 0.3) is 0 Å². The van der Waals surface area contributed by atoms with Crippen molar-refractivity contribution in [2.75, 3.05) is 10.7 Å². The zero-order valence-electron chi connectivity index (χ0n) is 9.07. The van der Waals surface area contributed by atoms with E-state index >= 15 is 0 Å². The predicted molar refractivity (Wildman–Crippen MR) is 79.9 cm³/mol. The molecule has 0 bridgehead atoms. The normalized spacial score (nSPS) is 11.4. The van der Waals surface area contributed by atoms with E-state index in [4.69, 9.17) is 23.2 Å². The number of nitrogens with one attached hydrogen (secondary N) is 1. The van der Waals surface area contributed by atoms with Crippen LogP contribution in [0.5, 0.6) is 0 Å². The average Bonchev–Trinajstić information content (AvgIpc) is 2.27. The van der Waals surface area contributed by atoms with Gasteiger partial charge in [-0.1, -0.05) is 55.1 Å². The van der Waals surface area contributed by atoms with Crippen molar-refractivity contribution < 1.29 is 4.79 Å². The predicted octanol–water partition coefficient (Wildman–Crippen LogP) is 4.27. The number of benzene rings is 1. The minimum atomic E-state index is -0.355. The van der Waals surface area contributed by atoms with Gasteiger partial charge in [0.1, 0.15) is 0 Å². The molecular formula is C11H11Br2Cl2NO. The number of alkyl halides is 2. The molecule has 6 heteroatoms. The van der Waals surface area contributed by atoms with E-state index in [9.17, 15) is 4.79 Å². The van der Waals surface area contributed by atoms with Crippen molar-refractivity contribution >= 4 is 61.0 Å². The van der Waals surface area contributed by atoms with Crippen molar-refractivity contribution in [1.82, 2.24) is 5.32 Å². The lowest BCUT2D eigenvalue weighted by Crippen LogP contribution is -2.48. The van der Waals surface area contributed by atoms with Gasteiger partial charge in [0.15, 0.2) is 0 Å². The van der Waals surface area contributed by atoms with Gasteiger partial charge in [-0.3, -0.25) is 4.79 Å². The highest BCUT2D eigenvalue weighted by molar-refractivity contribution is 9.09. The zero-order valence-corrected chi connectivity index (χ0v) is 13.8. The standard InChI is InChI=1S/C11H11Br2Cl2NO/c1-11(5-12,6-13)16-10(17)7-2-8(14)4-9(15)3-7/h2-4H,5-6H2,1H3,(H,16,17). The molecular weight excluding hydrogens is 393 g/mol. The van der Waals surface area contributed by atoms with E-state index in [-0.39, 0.29) is 11.4 Å². The summed E-state index contributed by atoms with van der Waals surface area (Å²) < 4.78 is 0. The van der Waals surface area contributed by atoms with Crippen molar-refractivity contribution in [3.8, 4) is 0 Å². The molecule has 17 heavy (non-hydrogen) atoms. The maximum Gasteiger partial charge on any atom is 0.251 e. The third-order valence-corrected chi connectivity index (χ3v) is 5.04. The van der Waals surface area contributed by atoms with Crippen molar-refractivity contribution in [2.24, 2.45) is 0 Å². The van der Waals surface area contributed by atoms with Crippen LogP contribution in [0.3, 0.4) is 0 Å². The third kappa shape index (κ3) is 4.43. The van der Waals surface area contributed by atoms with E-state index in [1.165, 1.54) is 0 Å². The van der Waals surface area contributed by atoms with Gasteiger partial charge in [-0.2, -0.15) is 0 Å². The Balaban J connectivity index is 2.90. The van der Waals surface area contributed by atoms with E-state index in [2.05, 4.69) is 37.2 Å². The molecule has 94 valence electrons. The second-order valence-electron chi connectivity index (χ2n) is 3.94. The van der Waals surface area contributed by atoms with Crippen LogP contribution in [0, 0.1) is 0 Å². The highest BCUT2D eigenvalue weighted by Gasteiger charge is 2.24. The Hall–Kier alpha value is 0.230. The van der Waals surface area contributed by atoms with Gasteiger partial charge in [0.25, 0.3) is 5.91 Å². The molecule has 0 aliphatic carbocycles. The lowest BCUT2D eigenvalue weighted by atomic mass is 10.1. The van der Waals surface area contributed by atoms with Gasteiger partial charge in [0.2, 0.25) is 0 Å². The molecule has 0 heterocycles. The first-order valence-electron chi connectivity index (χ1n) is 4.81. The lowest BCUT2D eigenvalue weighted by molar-refractivity contribution is 0.0923. The van der Waals surface area contributed by atoms with E-state index in [1.807, 2.05) is 6.92 Å². The fraction of sp³-hybridized carbons (Fsp3) is 0.364. The zero-order chi connectivity index (χ0) is 13.1. The van der Waals surface area contributed by atoms with Crippen LogP contribution >= 0.6 is 55.1 Å². The van der Waals surface area contributed by atoms with Crippen LogP contribution in [0.15, 0.2) is 18.2 Å². The summed E-state index contributed by atoms with van der Waals surface area (Å²) >= 11 is 18.4. The summed E-state index contributed by atoms with van der Waals surface area (Å²) in [4.78, 5) is 12.0. The molecule has 1 rings (SSSR count). The van der Waals surface area contributed by atoms with Gasteiger partial charge < -0.3 is 5.32 Å². The first-order valence-corrected chi connectivity index (χ1v) is 7.80. The molecule has 0 unspecified atom stereocenters. The number of carbonyl (C=O) groups is 1. The van der Waals surface area contributed by atoms with Crippen LogP contribution in [-0.2, 0) is 0 Å². The minimum Gasteiger partial charge on any atom is -0.345 e. The van der Waals surface area contributed by atoms with Crippen molar-refractivity contribution in [3.05, 3.63) is 33.8 Å². The topological polar surface area (TPSA) is 29.1 Å². The summed E-state index contributed by atoms with van der Waals surface area (Å²) in [7, 11) is 0. The van der Waals surface area contributed by atoms with Gasteiger partial charge in [-0.25, -0.2) is 0 Å². The summed E-state index contributed by atoms with van der Waals surface area (Å²) in [5.74, 6) is -0.198. The molecule has 0 aromatic heterocycles. The van der Waals surface area contributed by atoms with Crippen molar-refractivity contribution in [3.63, 3.8) is 0 Å². The van der Waals surface area contributed by atoms with Crippen LogP contribution in [0.4, 0.5) is 0 Å². The summed E-state index contributed by atoms with van der Waals surface area (Å²) in [5, 5.41) is 5.09. The lowest BCUT2D eigenvalue weighted by Gasteiger charge is -2.26. The maximum absolute atomic E-state index is 12.0. The van der Waals surface area contributed by atoms with Crippen molar-refractivity contribution in [2.45, 2.75) is 12.5 Å². The highest BCUT2D eigenvalue weighted by Crippen LogP contribution is 2.20. The molecule has 0 fully saturated rings. The second kappa shape index (κ2) is 6.41. The molecule has 0 aliphatic heterocycles. The maximum atomic E-state index is 12.0. The third-order valence-electron chi connectivity index (χ3n) is 2.13. The van der Waals surface area contributed by atoms with Gasteiger partial charge >= 0.3 is 0 Å². The Labute approximate surface area is 127 Å². The average molecular weight is 404 g/mol. The second-order valence-corrected chi connectivity index (χ2v) is 5.93. The van der Waals surface area contributed by atoms with Gasteiger partial charge in [0.05, 0.1) is 5.54 Å². The summed E-state index contributed by atoms with van der Waals surface area (Å²) in [6.07, 6.45) is 0. The van der Waals surface area contributed by atoms with E-state index in [0.717, 1.165) is 0 Å². The number of hydrogen-bond donors (Lipinski definition) is 1. The molecule has 0 saturated carbocycles. The van der Waals surface area contributed by atoms with Crippen LogP contribution in [0.1, 0.15) is 17.3 Å². The molecule has 0 saturated heterocycles. The summed E-state index contributed by atoms with van der Waals surface area (Å²) in [5.41, 5.74) is 0.0990. The molecule has 1 aromatic carbocycles. The van der Waals surface area contributed by atoms with Gasteiger partial charge in [-0.15, -0.1) is 0 Å². The molecule has 0 radical (unpaired) electrons. The Bertz CT molecular complexity index is 402. The Morgan fingerprint density at radius 3 is 2.12 bits per heavy atom.